The first-order chi connectivity index (χ1) is 14.6. The van der Waals surface area contributed by atoms with Crippen molar-refractivity contribution in [3.05, 3.63) is 78.2 Å². The number of hydrogen-bond acceptors (Lipinski definition) is 5. The molecular formula is C22H20N6O2. The summed E-state index contributed by atoms with van der Waals surface area (Å²) in [7, 11) is 0. The maximum Gasteiger partial charge on any atom is 0.321 e. The summed E-state index contributed by atoms with van der Waals surface area (Å²) in [6, 6.07) is 16.4. The van der Waals surface area contributed by atoms with Gasteiger partial charge in [0.1, 0.15) is 5.69 Å². The van der Waals surface area contributed by atoms with Crippen LogP contribution in [0.15, 0.2) is 67.0 Å². The fourth-order valence-electron chi connectivity index (χ4n) is 3.11. The van der Waals surface area contributed by atoms with E-state index in [1.807, 2.05) is 55.5 Å². The van der Waals surface area contributed by atoms with E-state index in [0.29, 0.717) is 17.9 Å². The van der Waals surface area contributed by atoms with Gasteiger partial charge < -0.3 is 5.32 Å². The van der Waals surface area contributed by atoms with Crippen LogP contribution in [0.1, 0.15) is 23.0 Å². The van der Waals surface area contributed by atoms with E-state index in [2.05, 4.69) is 25.7 Å². The first-order valence-electron chi connectivity index (χ1n) is 9.57. The molecule has 0 saturated carbocycles. The molecule has 8 heteroatoms. The molecular weight excluding hydrogens is 380 g/mol. The van der Waals surface area contributed by atoms with Crippen LogP contribution in [0.5, 0.6) is 0 Å². The van der Waals surface area contributed by atoms with Crippen molar-refractivity contribution in [1.82, 2.24) is 24.9 Å². The van der Waals surface area contributed by atoms with Crippen LogP contribution >= 0.6 is 0 Å². The minimum absolute atomic E-state index is 0.105. The number of benzene rings is 1. The quantitative estimate of drug-likeness (QED) is 0.483. The van der Waals surface area contributed by atoms with E-state index < -0.39 is 6.03 Å². The molecule has 150 valence electrons. The second kappa shape index (κ2) is 8.52. The second-order valence-electron chi connectivity index (χ2n) is 6.65. The molecule has 0 fully saturated rings. The standard InChI is InChI=1S/C22H20N6O2/c1-2-24-22(30)26-21-25-20-13-17(16-9-6-10-23-14-16)12-18(28(20)27-21)19(29)11-15-7-4-3-5-8-15/h3-10,12-14H,2,11H2,1H3,(H2,24,26,27,30). The normalized spacial score (nSPS) is 10.7. The zero-order valence-corrected chi connectivity index (χ0v) is 16.4. The molecule has 0 spiro atoms. The van der Waals surface area contributed by atoms with E-state index in [1.54, 1.807) is 18.5 Å². The van der Waals surface area contributed by atoms with Crippen molar-refractivity contribution < 1.29 is 9.59 Å². The van der Waals surface area contributed by atoms with Crippen molar-refractivity contribution in [3.8, 4) is 11.1 Å². The Balaban J connectivity index is 1.77. The summed E-state index contributed by atoms with van der Waals surface area (Å²) in [5, 5.41) is 9.55. The Bertz CT molecular complexity index is 1190. The van der Waals surface area contributed by atoms with Crippen molar-refractivity contribution in [1.29, 1.82) is 0 Å². The number of pyridine rings is 2. The SMILES string of the molecule is CCNC(=O)Nc1nc2cc(-c3cccnc3)cc(C(=O)Cc3ccccc3)n2n1. The first kappa shape index (κ1) is 19.3. The van der Waals surface area contributed by atoms with Gasteiger partial charge in [-0.25, -0.2) is 9.31 Å². The molecule has 2 N–H and O–H groups in total. The summed E-state index contributed by atoms with van der Waals surface area (Å²) in [5.74, 6) is 0.0180. The predicted molar refractivity (Wildman–Crippen MR) is 113 cm³/mol. The molecule has 0 aliphatic rings. The molecule has 8 nitrogen and oxygen atoms in total. The number of rotatable bonds is 6. The maximum absolute atomic E-state index is 13.1. The largest absolute Gasteiger partial charge is 0.338 e. The number of amides is 2. The Morgan fingerprint density at radius 1 is 1.03 bits per heavy atom. The van der Waals surface area contributed by atoms with Crippen LogP contribution in [0, 0.1) is 0 Å². The Hall–Kier alpha value is -4.07. The van der Waals surface area contributed by atoms with Crippen LogP contribution < -0.4 is 10.6 Å². The molecule has 0 bridgehead atoms. The Morgan fingerprint density at radius 3 is 2.60 bits per heavy atom. The molecule has 0 aliphatic carbocycles. The number of aromatic nitrogens is 4. The number of carbonyl (C=O) groups excluding carboxylic acids is 2. The molecule has 4 rings (SSSR count). The summed E-state index contributed by atoms with van der Waals surface area (Å²) < 4.78 is 1.46. The number of fused-ring (bicyclic) bond motifs is 1. The minimum Gasteiger partial charge on any atom is -0.338 e. The summed E-state index contributed by atoms with van der Waals surface area (Å²) >= 11 is 0. The van der Waals surface area contributed by atoms with E-state index in [4.69, 9.17) is 0 Å². The molecule has 3 aromatic heterocycles. The van der Waals surface area contributed by atoms with Crippen molar-refractivity contribution in [2.45, 2.75) is 13.3 Å². The van der Waals surface area contributed by atoms with Gasteiger partial charge in [0.15, 0.2) is 11.4 Å². The lowest BCUT2D eigenvalue weighted by atomic mass is 10.0. The number of hydrogen-bond donors (Lipinski definition) is 2. The van der Waals surface area contributed by atoms with Gasteiger partial charge in [0.2, 0.25) is 0 Å². The van der Waals surface area contributed by atoms with Crippen LogP contribution in [0.4, 0.5) is 10.7 Å². The number of anilines is 1. The van der Waals surface area contributed by atoms with Crippen molar-refractivity contribution in [2.75, 3.05) is 11.9 Å². The van der Waals surface area contributed by atoms with Crippen molar-refractivity contribution in [3.63, 3.8) is 0 Å². The highest BCUT2D eigenvalue weighted by Gasteiger charge is 2.17. The van der Waals surface area contributed by atoms with E-state index >= 15 is 0 Å². The van der Waals surface area contributed by atoms with Gasteiger partial charge in [-0.05, 0) is 36.2 Å². The second-order valence-corrected chi connectivity index (χ2v) is 6.65. The van der Waals surface area contributed by atoms with Crippen LogP contribution in [-0.2, 0) is 6.42 Å². The molecule has 0 aliphatic heterocycles. The predicted octanol–water partition coefficient (Wildman–Crippen LogP) is 3.36. The Kier molecular flexibility index (Phi) is 5.47. The summed E-state index contributed by atoms with van der Waals surface area (Å²) in [6.45, 7) is 2.29. The van der Waals surface area contributed by atoms with Gasteiger partial charge in [0.25, 0.3) is 5.95 Å². The lowest BCUT2D eigenvalue weighted by Gasteiger charge is -2.08. The van der Waals surface area contributed by atoms with E-state index in [9.17, 15) is 9.59 Å². The van der Waals surface area contributed by atoms with Gasteiger partial charge in [-0.2, -0.15) is 4.98 Å². The van der Waals surface area contributed by atoms with E-state index in [1.165, 1.54) is 4.52 Å². The van der Waals surface area contributed by atoms with Gasteiger partial charge in [0.05, 0.1) is 0 Å². The third kappa shape index (κ3) is 4.17. The topological polar surface area (TPSA) is 101 Å². The maximum atomic E-state index is 13.1. The number of ketones is 1. The number of carbonyl (C=O) groups is 2. The highest BCUT2D eigenvalue weighted by Crippen LogP contribution is 2.23. The molecule has 0 unspecified atom stereocenters. The van der Waals surface area contributed by atoms with Gasteiger partial charge in [0, 0.05) is 30.9 Å². The summed E-state index contributed by atoms with van der Waals surface area (Å²) in [6.07, 6.45) is 3.64. The highest BCUT2D eigenvalue weighted by molar-refractivity contribution is 5.98. The van der Waals surface area contributed by atoms with Gasteiger partial charge >= 0.3 is 6.03 Å². The fourth-order valence-corrected chi connectivity index (χ4v) is 3.11. The zero-order valence-electron chi connectivity index (χ0n) is 16.4. The van der Waals surface area contributed by atoms with E-state index in [-0.39, 0.29) is 18.2 Å². The smallest absolute Gasteiger partial charge is 0.321 e. The molecule has 0 radical (unpaired) electrons. The van der Waals surface area contributed by atoms with Crippen LogP contribution in [0.2, 0.25) is 0 Å². The Labute approximate surface area is 173 Å². The van der Waals surface area contributed by atoms with Crippen molar-refractivity contribution in [2.24, 2.45) is 0 Å². The van der Waals surface area contributed by atoms with Gasteiger partial charge in [-0.1, -0.05) is 36.4 Å². The minimum atomic E-state index is -0.405. The zero-order chi connectivity index (χ0) is 20.9. The number of urea groups is 1. The monoisotopic (exact) mass is 400 g/mol. The number of Topliss-reactive ketones (excluding diaryl/α,β-unsaturated/α-hetero) is 1. The molecule has 3 heterocycles. The van der Waals surface area contributed by atoms with Gasteiger partial charge in [-0.3, -0.25) is 15.1 Å². The van der Waals surface area contributed by atoms with E-state index in [0.717, 1.165) is 16.7 Å². The lowest BCUT2D eigenvalue weighted by Crippen LogP contribution is -2.28. The van der Waals surface area contributed by atoms with Crippen LogP contribution in [0.25, 0.3) is 16.8 Å². The fraction of sp³-hybridized carbons (Fsp3) is 0.136. The van der Waals surface area contributed by atoms with Gasteiger partial charge in [-0.15, -0.1) is 5.10 Å². The molecule has 30 heavy (non-hydrogen) atoms. The molecule has 0 saturated heterocycles. The van der Waals surface area contributed by atoms with Crippen molar-refractivity contribution >= 4 is 23.4 Å². The molecule has 2 amide bonds. The summed E-state index contributed by atoms with van der Waals surface area (Å²) in [5.41, 5.74) is 3.40. The molecule has 4 aromatic rings. The first-order valence-corrected chi connectivity index (χ1v) is 9.57. The average Bonchev–Trinajstić information content (AvgIpc) is 3.16. The molecule has 0 atom stereocenters. The van der Waals surface area contributed by atoms with Crippen LogP contribution in [-0.4, -0.2) is 37.9 Å². The third-order valence-corrected chi connectivity index (χ3v) is 4.49. The highest BCUT2D eigenvalue weighted by atomic mass is 16.2. The van der Waals surface area contributed by atoms with Crippen LogP contribution in [0.3, 0.4) is 0 Å². The number of nitrogens with zero attached hydrogens (tertiary/aromatic N) is 4. The molecule has 1 aromatic carbocycles. The summed E-state index contributed by atoms with van der Waals surface area (Å²) in [4.78, 5) is 33.5. The lowest BCUT2D eigenvalue weighted by molar-refractivity contribution is 0.0986. The number of nitrogens with one attached hydrogen (secondary N) is 2. The Morgan fingerprint density at radius 2 is 1.87 bits per heavy atom. The average molecular weight is 400 g/mol. The third-order valence-electron chi connectivity index (χ3n) is 4.49.